The number of carbonyl (C=O) groups excluding carboxylic acids is 1. The molecule has 2 atom stereocenters. The number of nitrogens with one attached hydrogen (secondary N) is 2. The number of amides is 1. The fourth-order valence-corrected chi connectivity index (χ4v) is 3.71. The van der Waals surface area contributed by atoms with Crippen molar-refractivity contribution in [1.82, 2.24) is 25.2 Å². The van der Waals surface area contributed by atoms with Gasteiger partial charge in [0.15, 0.2) is 6.17 Å². The summed E-state index contributed by atoms with van der Waals surface area (Å²) in [6.45, 7) is 3.06. The van der Waals surface area contributed by atoms with Crippen LogP contribution in [0.3, 0.4) is 0 Å². The molecule has 3 aromatic rings. The molecule has 9 heteroatoms. The first-order valence-corrected chi connectivity index (χ1v) is 10.2. The van der Waals surface area contributed by atoms with Crippen LogP contribution < -0.4 is 15.6 Å². The first-order chi connectivity index (χ1) is 15.0. The van der Waals surface area contributed by atoms with Gasteiger partial charge in [-0.2, -0.15) is 0 Å². The number of hydrogen-bond acceptors (Lipinski definition) is 6. The smallest absolute Gasteiger partial charge is 0.269 e. The van der Waals surface area contributed by atoms with Gasteiger partial charge in [0.25, 0.3) is 11.5 Å². The number of hydrogen-bond donors (Lipinski definition) is 2. The number of pyridine rings is 3. The number of aryl methyl sites for hydroxylation is 1. The number of rotatable bonds is 6. The Morgan fingerprint density at radius 2 is 2.13 bits per heavy atom. The van der Waals surface area contributed by atoms with Crippen LogP contribution in [0.4, 0.5) is 4.39 Å². The lowest BCUT2D eigenvalue weighted by Crippen LogP contribution is -2.27. The van der Waals surface area contributed by atoms with Gasteiger partial charge in [-0.3, -0.25) is 19.5 Å². The summed E-state index contributed by atoms with van der Waals surface area (Å²) in [4.78, 5) is 36.9. The van der Waals surface area contributed by atoms with Crippen molar-refractivity contribution in [3.05, 3.63) is 63.8 Å². The van der Waals surface area contributed by atoms with Crippen molar-refractivity contribution in [1.29, 1.82) is 0 Å². The number of H-pyrrole nitrogens is 1. The molecule has 0 radical (unpaired) electrons. The largest absolute Gasteiger partial charge is 0.484 e. The van der Waals surface area contributed by atoms with Gasteiger partial charge >= 0.3 is 0 Å². The lowest BCUT2D eigenvalue weighted by molar-refractivity contribution is 0.0957. The fraction of sp³-hybridized carbons (Fsp3) is 0.364. The molecule has 8 nitrogen and oxygen atoms in total. The molecule has 162 valence electrons. The molecule has 0 saturated carbocycles. The highest BCUT2D eigenvalue weighted by molar-refractivity contribution is 5.91. The molecule has 1 amide bonds. The molecule has 1 aliphatic rings. The van der Waals surface area contributed by atoms with Crippen LogP contribution in [0.15, 0.2) is 41.5 Å². The normalized spacial score (nSPS) is 18.9. The highest BCUT2D eigenvalue weighted by Crippen LogP contribution is 2.22. The highest BCUT2D eigenvalue weighted by Gasteiger charge is 2.34. The van der Waals surface area contributed by atoms with Gasteiger partial charge in [-0.05, 0) is 36.2 Å². The summed E-state index contributed by atoms with van der Waals surface area (Å²) in [5.41, 5.74) is 3.16. The van der Waals surface area contributed by atoms with E-state index in [0.29, 0.717) is 36.3 Å². The summed E-state index contributed by atoms with van der Waals surface area (Å²) < 4.78 is 20.3. The quantitative estimate of drug-likeness (QED) is 0.625. The Hall–Kier alpha value is -3.33. The van der Waals surface area contributed by atoms with Crippen molar-refractivity contribution in [3.63, 3.8) is 0 Å². The summed E-state index contributed by atoms with van der Waals surface area (Å²) in [7, 11) is 1.53. The molecule has 0 bridgehead atoms. The number of aromatic nitrogens is 3. The predicted octanol–water partition coefficient (Wildman–Crippen LogP) is 1.84. The van der Waals surface area contributed by atoms with Crippen LogP contribution in [-0.2, 0) is 13.0 Å². The fourth-order valence-electron chi connectivity index (χ4n) is 3.71. The molecule has 4 rings (SSSR count). The van der Waals surface area contributed by atoms with Gasteiger partial charge in [0, 0.05) is 38.4 Å². The van der Waals surface area contributed by atoms with Crippen LogP contribution in [0, 0.1) is 0 Å². The summed E-state index contributed by atoms with van der Waals surface area (Å²) in [5, 5.41) is 2.50. The monoisotopic (exact) mass is 425 g/mol. The lowest BCUT2D eigenvalue weighted by atomic mass is 10.1. The third kappa shape index (κ3) is 4.56. The minimum Gasteiger partial charge on any atom is -0.484 e. The van der Waals surface area contributed by atoms with E-state index in [1.54, 1.807) is 24.4 Å². The Labute approximate surface area is 178 Å². The molecular formula is C22H24FN5O3. The first kappa shape index (κ1) is 20.9. The standard InChI is InChI=1S/C22H24FN5O3/c1-3-14-7-18-19(27-21(14)29)6-13(8-25-18)10-28-11-16(23)20(12-28)31-15-4-5-17(26-9-15)22(30)24-2/h4-9,16,20H,3,10-12H2,1-2H3,(H,24,30)(H,27,29)/t16-,20+/m0/s1. The van der Waals surface area contributed by atoms with E-state index < -0.39 is 12.3 Å². The number of aromatic amines is 1. The molecule has 1 aliphatic heterocycles. The maximum Gasteiger partial charge on any atom is 0.269 e. The second-order valence-corrected chi connectivity index (χ2v) is 7.58. The minimum atomic E-state index is -1.15. The van der Waals surface area contributed by atoms with Gasteiger partial charge in [-0.25, -0.2) is 9.37 Å². The van der Waals surface area contributed by atoms with Crippen LogP contribution in [0.25, 0.3) is 11.0 Å². The van der Waals surface area contributed by atoms with Gasteiger partial charge in [0.05, 0.1) is 17.2 Å². The van der Waals surface area contributed by atoms with E-state index in [9.17, 15) is 14.0 Å². The molecule has 0 aliphatic carbocycles. The molecule has 1 fully saturated rings. The molecule has 0 unspecified atom stereocenters. The van der Waals surface area contributed by atoms with E-state index in [-0.39, 0.29) is 23.7 Å². The average molecular weight is 425 g/mol. The Balaban J connectivity index is 1.41. The molecule has 4 heterocycles. The number of nitrogens with zero attached hydrogens (tertiary/aromatic N) is 3. The van der Waals surface area contributed by atoms with E-state index in [2.05, 4.69) is 20.3 Å². The molecule has 2 N–H and O–H groups in total. The zero-order chi connectivity index (χ0) is 22.0. The van der Waals surface area contributed by atoms with E-state index in [1.807, 2.05) is 17.9 Å². The molecular weight excluding hydrogens is 401 g/mol. The topological polar surface area (TPSA) is 100 Å². The number of carbonyl (C=O) groups is 1. The third-order valence-electron chi connectivity index (χ3n) is 5.37. The van der Waals surface area contributed by atoms with Gasteiger partial charge in [0.1, 0.15) is 17.5 Å². The lowest BCUT2D eigenvalue weighted by Gasteiger charge is -2.17. The average Bonchev–Trinajstić information content (AvgIpc) is 3.11. The van der Waals surface area contributed by atoms with Crippen molar-refractivity contribution in [2.45, 2.75) is 32.2 Å². The van der Waals surface area contributed by atoms with Gasteiger partial charge in [-0.15, -0.1) is 0 Å². The van der Waals surface area contributed by atoms with Crippen molar-refractivity contribution in [2.24, 2.45) is 0 Å². The maximum absolute atomic E-state index is 14.6. The van der Waals surface area contributed by atoms with Crippen LogP contribution in [0.2, 0.25) is 0 Å². The number of fused-ring (bicyclic) bond motifs is 1. The maximum atomic E-state index is 14.6. The van der Waals surface area contributed by atoms with Crippen LogP contribution in [-0.4, -0.2) is 58.2 Å². The van der Waals surface area contributed by atoms with E-state index in [1.165, 1.54) is 13.2 Å². The molecule has 3 aromatic heterocycles. The highest BCUT2D eigenvalue weighted by atomic mass is 19.1. The summed E-state index contributed by atoms with van der Waals surface area (Å²) >= 11 is 0. The van der Waals surface area contributed by atoms with Crippen molar-refractivity contribution in [3.8, 4) is 5.75 Å². The molecule has 31 heavy (non-hydrogen) atoms. The summed E-state index contributed by atoms with van der Waals surface area (Å²) in [6, 6.07) is 6.84. The van der Waals surface area contributed by atoms with Crippen LogP contribution >= 0.6 is 0 Å². The van der Waals surface area contributed by atoms with Gasteiger partial charge in [0.2, 0.25) is 0 Å². The molecule has 1 saturated heterocycles. The first-order valence-electron chi connectivity index (χ1n) is 10.2. The van der Waals surface area contributed by atoms with Crippen molar-refractivity contribution in [2.75, 3.05) is 20.1 Å². The van der Waals surface area contributed by atoms with E-state index >= 15 is 0 Å². The second-order valence-electron chi connectivity index (χ2n) is 7.58. The van der Waals surface area contributed by atoms with Crippen LogP contribution in [0.1, 0.15) is 28.5 Å². The van der Waals surface area contributed by atoms with Gasteiger partial charge in [-0.1, -0.05) is 6.92 Å². The van der Waals surface area contributed by atoms with Crippen molar-refractivity contribution < 1.29 is 13.9 Å². The Bertz CT molecular complexity index is 1150. The zero-order valence-electron chi connectivity index (χ0n) is 17.4. The second kappa shape index (κ2) is 8.81. The predicted molar refractivity (Wildman–Crippen MR) is 114 cm³/mol. The molecule has 0 aromatic carbocycles. The van der Waals surface area contributed by atoms with Crippen LogP contribution in [0.5, 0.6) is 5.75 Å². The number of halogens is 1. The Morgan fingerprint density at radius 1 is 1.29 bits per heavy atom. The summed E-state index contributed by atoms with van der Waals surface area (Å²) in [6.07, 6.45) is 2.04. The number of alkyl halides is 1. The van der Waals surface area contributed by atoms with Gasteiger partial charge < -0.3 is 15.0 Å². The van der Waals surface area contributed by atoms with Crippen molar-refractivity contribution >= 4 is 16.9 Å². The van der Waals surface area contributed by atoms with E-state index in [4.69, 9.17) is 4.74 Å². The third-order valence-corrected chi connectivity index (χ3v) is 5.37. The number of likely N-dealkylation sites (tertiary alicyclic amines) is 1. The van der Waals surface area contributed by atoms with E-state index in [0.717, 1.165) is 11.1 Å². The Kier molecular flexibility index (Phi) is 5.94. The zero-order valence-corrected chi connectivity index (χ0v) is 17.4. The summed E-state index contributed by atoms with van der Waals surface area (Å²) in [5.74, 6) is 0.122. The Morgan fingerprint density at radius 3 is 2.84 bits per heavy atom. The minimum absolute atomic E-state index is 0.108. The number of ether oxygens (including phenoxy) is 1. The SMILES string of the molecule is CCc1cc2ncc(CN3C[C@H](F)[C@H](Oc4ccc(C(=O)NC)nc4)C3)cc2[nH]c1=O. The molecule has 0 spiro atoms.